The Labute approximate surface area is 776 Å². The summed E-state index contributed by atoms with van der Waals surface area (Å²) in [7, 11) is 0. The van der Waals surface area contributed by atoms with Crippen molar-refractivity contribution in [1.82, 2.24) is 9.13 Å². The molecule has 0 N–H and O–H groups in total. The highest BCUT2D eigenvalue weighted by Crippen LogP contribution is 2.62. The molecule has 3 aliphatic rings. The summed E-state index contributed by atoms with van der Waals surface area (Å²) in [5, 5.41) is 2.31. The lowest BCUT2D eigenvalue weighted by atomic mass is 9.33. The van der Waals surface area contributed by atoms with E-state index in [9.17, 15) is 11.0 Å². The van der Waals surface area contributed by atoms with Gasteiger partial charge in [0.1, 0.15) is 0 Å². The molecule has 0 saturated carbocycles. The van der Waals surface area contributed by atoms with E-state index in [4.69, 9.17) is 0 Å². The maximum Gasteiger partial charge on any atom is 0.252 e. The zero-order valence-corrected chi connectivity index (χ0v) is 75.4. The van der Waals surface area contributed by atoms with Crippen molar-refractivity contribution in [1.29, 1.82) is 0 Å². The highest BCUT2D eigenvalue weighted by molar-refractivity contribution is 7.00. The molecule has 2 aliphatic heterocycles. The Morgan fingerprint density at radius 1 is 0.254 bits per heavy atom. The average molecular weight is 1680 g/mol. The number of benzene rings is 18. The molecule has 626 valence electrons. The molecule has 4 nitrogen and oxygen atoms in total. The average Bonchev–Trinajstić information content (AvgIpc) is 1.23. The highest BCUT2D eigenvalue weighted by Gasteiger charge is 2.51. The molecule has 1 unspecified atom stereocenters. The summed E-state index contributed by atoms with van der Waals surface area (Å²) in [6, 6.07) is 129. The predicted octanol–water partition coefficient (Wildman–Crippen LogP) is 31.5. The van der Waals surface area contributed by atoms with Crippen molar-refractivity contribution in [3.63, 3.8) is 0 Å². The van der Waals surface area contributed by atoms with E-state index in [1.165, 1.54) is 11.1 Å². The third-order valence-corrected chi connectivity index (χ3v) is 27.8. The SMILES string of the molecule is [2H]c1c([2H])c([2H])c2c(c1[2H])c1c([2H])c([2H])c([2H])c([2H])c1n2-c1ccc2c(c1)N(c1c(-c3ccccc3)cc(C(C)(C)C)cc1-c1ccccc1)c1cc(-c3cccc4c3C(c3ccccc3)(c3cccc(-c5ccccc5)c3)c3ccccc3-4)cc3c1B2c1ccc(-n2c4ccc(C(C)(C)C)cc4c4cc(C(C)(C)C)ccc42)cc1N3c1c(-c2ccccc2)cc(C(C)(C)C)cc1-c1ccccc1. The smallest absolute Gasteiger partial charge is 0.252 e. The van der Waals surface area contributed by atoms with Gasteiger partial charge in [-0.1, -0.05) is 386 Å². The second-order valence-electron chi connectivity index (χ2n) is 39.7. The Morgan fingerprint density at radius 2 is 0.623 bits per heavy atom. The molecule has 0 saturated heterocycles. The number of hydrogen-bond donors (Lipinski definition) is 0. The van der Waals surface area contributed by atoms with Crippen molar-refractivity contribution in [3.05, 3.63) is 451 Å². The minimum absolute atomic E-state index is 0.00599. The molecule has 130 heavy (non-hydrogen) atoms. The largest absolute Gasteiger partial charge is 0.310 e. The number of fused-ring (bicyclic) bond motifs is 13. The van der Waals surface area contributed by atoms with Gasteiger partial charge in [-0.2, -0.15) is 0 Å². The Balaban J connectivity index is 0.954. The number of rotatable bonds is 12. The fourth-order valence-corrected chi connectivity index (χ4v) is 21.4. The standard InChI is InChI=1S/C125H103BN4/c1-121(2,3)88-61-67-111-104(72-88)105-73-89(122(4,5)6)62-68-112(105)128(111)94-64-66-108-114(79-94)130(120-102(83-45-25-16-26-46-83)76-92(124(10,11)12)77-103(120)84-47-27-17-28-48-84)116-71-86(95-56-38-57-99-96-53-31-34-58-106(96)125(117(95)99,87-50-29-18-30-51-87)90-52-37-49-85(69-90)80-39-19-13-20-40-80)70-115-118(116)126(108)107-65-63-93(127-109-59-35-32-54-97(109)98-55-33-36-60-110(98)127)78-113(107)129(115)119-100(81-41-21-14-22-42-81)74-91(123(7,8)9)75-101(119)82-43-23-15-24-44-82/h13-79H,1-12H3/i32D,33D,35D,36D,54D,55D,59D,60D. The van der Waals surface area contributed by atoms with Gasteiger partial charge in [0.15, 0.2) is 0 Å². The molecule has 0 fully saturated rings. The summed E-state index contributed by atoms with van der Waals surface area (Å²) >= 11 is 0. The molecular weight excluding hydrogens is 1570 g/mol. The quantitative estimate of drug-likeness (QED) is 0.113. The molecule has 4 heterocycles. The Bertz CT molecular complexity index is 8180. The summed E-state index contributed by atoms with van der Waals surface area (Å²) in [5.41, 5.74) is 33.2. The molecular formula is C125H103BN4. The van der Waals surface area contributed by atoms with Gasteiger partial charge in [-0.3, -0.25) is 0 Å². The van der Waals surface area contributed by atoms with Crippen LogP contribution in [0.25, 0.3) is 133 Å². The maximum atomic E-state index is 10.2. The Hall–Kier alpha value is -14.8. The normalized spacial score (nSPS) is 15.0. The van der Waals surface area contributed by atoms with E-state index < -0.39 is 53.8 Å². The summed E-state index contributed by atoms with van der Waals surface area (Å²) in [6.07, 6.45) is 0. The summed E-state index contributed by atoms with van der Waals surface area (Å²) in [4.78, 5) is 5.18. The van der Waals surface area contributed by atoms with Gasteiger partial charge in [0.05, 0.1) is 49.8 Å². The van der Waals surface area contributed by atoms with E-state index in [0.717, 1.165) is 189 Å². The van der Waals surface area contributed by atoms with Crippen LogP contribution in [0.4, 0.5) is 34.1 Å². The van der Waals surface area contributed by atoms with Gasteiger partial charge in [0.2, 0.25) is 0 Å². The van der Waals surface area contributed by atoms with Crippen molar-refractivity contribution >= 4 is 101 Å². The summed E-state index contributed by atoms with van der Waals surface area (Å²) < 4.78 is 82.2. The molecule has 20 aromatic rings. The van der Waals surface area contributed by atoms with Gasteiger partial charge in [-0.25, -0.2) is 0 Å². The van der Waals surface area contributed by atoms with Crippen molar-refractivity contribution in [2.45, 2.75) is 110 Å². The number of para-hydroxylation sites is 2. The van der Waals surface area contributed by atoms with Gasteiger partial charge in [0.25, 0.3) is 6.71 Å². The molecule has 0 radical (unpaired) electrons. The van der Waals surface area contributed by atoms with E-state index in [2.05, 4.69) is 449 Å². The Kier molecular flexibility index (Phi) is 16.6. The Morgan fingerprint density at radius 3 is 1.07 bits per heavy atom. The minimum Gasteiger partial charge on any atom is -0.310 e. The zero-order valence-electron chi connectivity index (χ0n) is 83.4. The molecule has 0 amide bonds. The molecule has 23 rings (SSSR count). The first-order chi connectivity index (χ1) is 66.4. The second kappa shape index (κ2) is 30.2. The molecule has 0 bridgehead atoms. The van der Waals surface area contributed by atoms with Gasteiger partial charge in [-0.15, -0.1) is 0 Å². The van der Waals surface area contributed by atoms with E-state index in [1.807, 2.05) is 6.07 Å². The van der Waals surface area contributed by atoms with Crippen LogP contribution in [-0.2, 0) is 27.1 Å². The van der Waals surface area contributed by atoms with E-state index in [-0.39, 0.29) is 50.1 Å². The van der Waals surface area contributed by atoms with Crippen molar-refractivity contribution in [3.8, 4) is 89.3 Å². The van der Waals surface area contributed by atoms with Gasteiger partial charge < -0.3 is 18.9 Å². The maximum absolute atomic E-state index is 10.2. The lowest BCUT2D eigenvalue weighted by Crippen LogP contribution is -2.61. The molecule has 1 atom stereocenters. The monoisotopic (exact) mass is 1680 g/mol. The van der Waals surface area contributed by atoms with Crippen LogP contribution in [0, 0.1) is 0 Å². The van der Waals surface area contributed by atoms with Crippen LogP contribution in [0.2, 0.25) is 0 Å². The van der Waals surface area contributed by atoms with Crippen LogP contribution in [0.5, 0.6) is 0 Å². The third-order valence-electron chi connectivity index (χ3n) is 27.8. The topological polar surface area (TPSA) is 16.3 Å². The van der Waals surface area contributed by atoms with Gasteiger partial charge in [-0.05, 0) is 241 Å². The van der Waals surface area contributed by atoms with Crippen molar-refractivity contribution in [2.75, 3.05) is 9.80 Å². The van der Waals surface area contributed by atoms with E-state index >= 15 is 0 Å². The van der Waals surface area contributed by atoms with Gasteiger partial charge in [0, 0.05) is 77.9 Å². The minimum atomic E-state index is -0.976. The third kappa shape index (κ3) is 12.8. The van der Waals surface area contributed by atoms with E-state index in [1.54, 1.807) is 4.57 Å². The van der Waals surface area contributed by atoms with Crippen molar-refractivity contribution < 1.29 is 11.0 Å². The molecule has 18 aromatic carbocycles. The second-order valence-corrected chi connectivity index (χ2v) is 39.7. The van der Waals surface area contributed by atoms with Crippen LogP contribution in [0.1, 0.15) is 139 Å². The van der Waals surface area contributed by atoms with Crippen LogP contribution < -0.4 is 26.2 Å². The fraction of sp³-hybridized carbons (Fsp3) is 0.136. The van der Waals surface area contributed by atoms with Gasteiger partial charge >= 0.3 is 0 Å². The molecule has 2 aromatic heterocycles. The van der Waals surface area contributed by atoms with Crippen molar-refractivity contribution in [2.24, 2.45) is 0 Å². The number of anilines is 6. The molecule has 1 aliphatic carbocycles. The number of hydrogen-bond acceptors (Lipinski definition) is 2. The lowest BCUT2D eigenvalue weighted by Gasteiger charge is -2.46. The summed E-state index contributed by atoms with van der Waals surface area (Å²) in [5.74, 6) is 0. The molecule has 0 spiro atoms. The number of nitrogens with zero attached hydrogens (tertiary/aromatic N) is 4. The fourth-order valence-electron chi connectivity index (χ4n) is 21.4. The molecule has 5 heteroatoms. The predicted molar refractivity (Wildman–Crippen MR) is 554 cm³/mol. The summed E-state index contributed by atoms with van der Waals surface area (Å²) in [6.45, 7) is 27.0. The number of aromatic nitrogens is 2. The zero-order chi connectivity index (χ0) is 95.4. The highest BCUT2D eigenvalue weighted by atomic mass is 15.2. The van der Waals surface area contributed by atoms with E-state index in [0.29, 0.717) is 5.69 Å². The lowest BCUT2D eigenvalue weighted by molar-refractivity contribution is 0.590. The van der Waals surface area contributed by atoms with Crippen LogP contribution >= 0.6 is 0 Å². The van der Waals surface area contributed by atoms with Crippen LogP contribution in [-0.4, -0.2) is 15.8 Å². The van der Waals surface area contributed by atoms with Crippen LogP contribution in [0.3, 0.4) is 0 Å². The first kappa shape index (κ1) is 71.3. The van der Waals surface area contributed by atoms with Crippen LogP contribution in [0.15, 0.2) is 406 Å². The first-order valence-electron chi connectivity index (χ1n) is 49.6. The first-order valence-corrected chi connectivity index (χ1v) is 45.6.